The van der Waals surface area contributed by atoms with Crippen LogP contribution in [0.25, 0.3) is 27.2 Å². The van der Waals surface area contributed by atoms with Crippen LogP contribution in [0.4, 0.5) is 5.00 Å². The van der Waals surface area contributed by atoms with Crippen molar-refractivity contribution in [2.24, 2.45) is 0 Å². The number of benzene rings is 3. The van der Waals surface area contributed by atoms with Gasteiger partial charge in [-0.15, -0.1) is 11.3 Å². The number of hydrogen-bond donors (Lipinski definition) is 1. The van der Waals surface area contributed by atoms with Crippen LogP contribution in [0.3, 0.4) is 0 Å². The number of ether oxygens (including phenoxy) is 2. The van der Waals surface area contributed by atoms with E-state index in [-0.39, 0.29) is 34.7 Å². The number of halogens is 1. The Labute approximate surface area is 220 Å². The zero-order chi connectivity index (χ0) is 25.9. The van der Waals surface area contributed by atoms with Crippen molar-refractivity contribution >= 4 is 61.4 Å². The molecule has 1 N–H and O–H groups in total. The van der Waals surface area contributed by atoms with Gasteiger partial charge in [0.05, 0.1) is 17.7 Å². The predicted octanol–water partition coefficient (Wildman–Crippen LogP) is 5.45. The van der Waals surface area contributed by atoms with Crippen molar-refractivity contribution in [2.45, 2.75) is 6.92 Å². The fraction of sp³-hybridized carbons (Fsp3) is 0.111. The van der Waals surface area contributed by atoms with Crippen LogP contribution in [0.5, 0.6) is 5.75 Å². The summed E-state index contributed by atoms with van der Waals surface area (Å²) in [6.45, 7) is 1.54. The highest BCUT2D eigenvalue weighted by Gasteiger charge is 2.23. The van der Waals surface area contributed by atoms with Gasteiger partial charge in [0, 0.05) is 21.2 Å². The van der Waals surface area contributed by atoms with Crippen molar-refractivity contribution in [2.75, 3.05) is 18.5 Å². The second kappa shape index (κ2) is 10.4. The third-order valence-corrected chi connectivity index (χ3v) is 6.67. The van der Waals surface area contributed by atoms with Gasteiger partial charge in [0.25, 0.3) is 11.5 Å². The molecule has 0 radical (unpaired) electrons. The van der Waals surface area contributed by atoms with Gasteiger partial charge in [-0.3, -0.25) is 9.59 Å². The van der Waals surface area contributed by atoms with E-state index in [9.17, 15) is 14.4 Å². The molecule has 0 atom stereocenters. The lowest BCUT2D eigenvalue weighted by Crippen LogP contribution is -2.26. The first-order valence-corrected chi connectivity index (χ1v) is 12.6. The van der Waals surface area contributed by atoms with Crippen LogP contribution in [0, 0.1) is 0 Å². The lowest BCUT2D eigenvalue weighted by molar-refractivity contribution is -0.118. The number of hydrogen-bond acceptors (Lipinski definition) is 7. The molecule has 2 aromatic heterocycles. The fourth-order valence-electron chi connectivity index (χ4n) is 3.90. The van der Waals surface area contributed by atoms with E-state index < -0.39 is 17.4 Å². The fourth-order valence-corrected chi connectivity index (χ4v) is 5.04. The van der Waals surface area contributed by atoms with E-state index in [1.54, 1.807) is 42.6 Å². The molecule has 0 aliphatic carbocycles. The number of carbonyl (C=O) groups excluding carboxylic acids is 2. The van der Waals surface area contributed by atoms with Crippen LogP contribution in [0.15, 0.2) is 76.9 Å². The number of carbonyl (C=O) groups is 2. The van der Waals surface area contributed by atoms with Crippen molar-refractivity contribution in [3.63, 3.8) is 0 Å². The summed E-state index contributed by atoms with van der Waals surface area (Å²) in [6, 6.07) is 19.8. The topological polar surface area (TPSA) is 99.5 Å². The molecule has 3 aromatic carbocycles. The van der Waals surface area contributed by atoms with E-state index >= 15 is 0 Å². The number of nitrogens with one attached hydrogen (secondary N) is 1. The molecular formula is C27H20ClN3O5S. The van der Waals surface area contributed by atoms with Gasteiger partial charge < -0.3 is 14.8 Å². The molecule has 10 heteroatoms. The molecule has 8 nitrogen and oxygen atoms in total. The Kier molecular flexibility index (Phi) is 6.89. The zero-order valence-corrected chi connectivity index (χ0v) is 21.1. The predicted molar refractivity (Wildman–Crippen MR) is 144 cm³/mol. The number of fused-ring (bicyclic) bond motifs is 2. The van der Waals surface area contributed by atoms with E-state index in [0.717, 1.165) is 26.8 Å². The average molecular weight is 534 g/mol. The van der Waals surface area contributed by atoms with Crippen LogP contribution in [0.2, 0.25) is 5.02 Å². The first kappa shape index (κ1) is 24.5. The standard InChI is InChI=1S/C27H20ClN3O5S/c1-2-35-27(34)24-20-15-37-25(23(20)26(33)31(30-24)18-10-6-9-17(28)13-18)29-22(32)14-36-21-12-5-8-16-7-3-4-11-19(16)21/h3-13,15H,2,14H2,1H3,(H,29,32). The molecule has 5 aromatic rings. The maximum Gasteiger partial charge on any atom is 0.359 e. The lowest BCUT2D eigenvalue weighted by atomic mass is 10.1. The SMILES string of the molecule is CCOC(=O)c1nn(-c2cccc(Cl)c2)c(=O)c2c(NC(=O)COc3cccc4ccccc34)scc12. The van der Waals surface area contributed by atoms with Gasteiger partial charge in [-0.2, -0.15) is 9.78 Å². The minimum atomic E-state index is -0.682. The molecule has 0 unspecified atom stereocenters. The molecule has 0 saturated carbocycles. The summed E-state index contributed by atoms with van der Waals surface area (Å²) >= 11 is 7.23. The van der Waals surface area contributed by atoms with Crippen molar-refractivity contribution in [3.05, 3.63) is 93.2 Å². The number of thiophene rings is 1. The highest BCUT2D eigenvalue weighted by atomic mass is 35.5. The summed E-state index contributed by atoms with van der Waals surface area (Å²) < 4.78 is 12.0. The smallest absolute Gasteiger partial charge is 0.359 e. The number of amides is 1. The summed E-state index contributed by atoms with van der Waals surface area (Å²) in [4.78, 5) is 39.0. The van der Waals surface area contributed by atoms with Gasteiger partial charge in [-0.05, 0) is 36.6 Å². The number of aromatic nitrogens is 2. The Balaban J connectivity index is 1.49. The van der Waals surface area contributed by atoms with Crippen LogP contribution in [0.1, 0.15) is 17.4 Å². The minimum Gasteiger partial charge on any atom is -0.483 e. The summed E-state index contributed by atoms with van der Waals surface area (Å²) in [5, 5.41) is 11.6. The Hall–Kier alpha value is -4.21. The summed E-state index contributed by atoms with van der Waals surface area (Å²) in [6.07, 6.45) is 0. The molecule has 2 heterocycles. The number of nitrogens with zero attached hydrogens (tertiary/aromatic N) is 2. The molecule has 0 aliphatic heterocycles. The van der Waals surface area contributed by atoms with Crippen LogP contribution in [-0.2, 0) is 9.53 Å². The maximum atomic E-state index is 13.5. The molecule has 0 bridgehead atoms. The van der Waals surface area contributed by atoms with Crippen molar-refractivity contribution in [1.29, 1.82) is 0 Å². The quantitative estimate of drug-likeness (QED) is 0.279. The third-order valence-electron chi connectivity index (χ3n) is 5.54. The Morgan fingerprint density at radius 2 is 1.84 bits per heavy atom. The largest absolute Gasteiger partial charge is 0.483 e. The van der Waals surface area contributed by atoms with Crippen molar-refractivity contribution < 1.29 is 19.1 Å². The number of esters is 1. The molecule has 0 saturated heterocycles. The van der Waals surface area contributed by atoms with E-state index in [2.05, 4.69) is 10.4 Å². The summed E-state index contributed by atoms with van der Waals surface area (Å²) in [5.41, 5.74) is -0.190. The van der Waals surface area contributed by atoms with Crippen LogP contribution in [-0.4, -0.2) is 34.9 Å². The molecule has 0 aliphatic rings. The van der Waals surface area contributed by atoms with Crippen LogP contribution >= 0.6 is 22.9 Å². The monoisotopic (exact) mass is 533 g/mol. The Bertz CT molecular complexity index is 1710. The minimum absolute atomic E-state index is 0.0415. The zero-order valence-electron chi connectivity index (χ0n) is 19.6. The van der Waals surface area contributed by atoms with E-state index in [1.807, 2.05) is 36.4 Å². The Morgan fingerprint density at radius 1 is 1.05 bits per heavy atom. The normalized spacial score (nSPS) is 11.0. The molecule has 186 valence electrons. The molecule has 0 fully saturated rings. The first-order chi connectivity index (χ1) is 18.0. The van der Waals surface area contributed by atoms with Gasteiger partial charge in [0.2, 0.25) is 0 Å². The second-order valence-corrected chi connectivity index (χ2v) is 9.25. The second-order valence-electron chi connectivity index (χ2n) is 7.93. The number of rotatable bonds is 7. The molecule has 37 heavy (non-hydrogen) atoms. The van der Waals surface area contributed by atoms with E-state index in [1.165, 1.54) is 0 Å². The molecule has 5 rings (SSSR count). The molecule has 1 amide bonds. The maximum absolute atomic E-state index is 13.5. The van der Waals surface area contributed by atoms with Gasteiger partial charge in [-0.25, -0.2) is 4.79 Å². The van der Waals surface area contributed by atoms with Gasteiger partial charge in [0.15, 0.2) is 12.3 Å². The third kappa shape index (κ3) is 4.91. The highest BCUT2D eigenvalue weighted by Crippen LogP contribution is 2.31. The van der Waals surface area contributed by atoms with Gasteiger partial charge >= 0.3 is 5.97 Å². The lowest BCUT2D eigenvalue weighted by Gasteiger charge is -2.11. The van der Waals surface area contributed by atoms with Crippen molar-refractivity contribution in [1.82, 2.24) is 9.78 Å². The first-order valence-electron chi connectivity index (χ1n) is 11.3. The summed E-state index contributed by atoms with van der Waals surface area (Å²) in [5.74, 6) is -0.570. The summed E-state index contributed by atoms with van der Waals surface area (Å²) in [7, 11) is 0. The van der Waals surface area contributed by atoms with Crippen LogP contribution < -0.4 is 15.6 Å². The van der Waals surface area contributed by atoms with Gasteiger partial charge in [-0.1, -0.05) is 54.1 Å². The molecule has 0 spiro atoms. The van der Waals surface area contributed by atoms with Gasteiger partial charge in [0.1, 0.15) is 10.8 Å². The number of anilines is 1. The van der Waals surface area contributed by atoms with Crippen molar-refractivity contribution in [3.8, 4) is 11.4 Å². The van der Waals surface area contributed by atoms with E-state index in [4.69, 9.17) is 21.1 Å². The van der Waals surface area contributed by atoms with E-state index in [0.29, 0.717) is 16.5 Å². The Morgan fingerprint density at radius 3 is 2.65 bits per heavy atom. The molecular weight excluding hydrogens is 514 g/mol. The highest BCUT2D eigenvalue weighted by molar-refractivity contribution is 7.16. The average Bonchev–Trinajstić information content (AvgIpc) is 3.31.